The Bertz CT molecular complexity index is 5360. The van der Waals surface area contributed by atoms with Crippen molar-refractivity contribution in [2.24, 2.45) is 29.6 Å². The number of rotatable bonds is 15. The van der Waals surface area contributed by atoms with Gasteiger partial charge in [-0.3, -0.25) is 0 Å². The monoisotopic (exact) mass is 1700 g/mol. The lowest BCUT2D eigenvalue weighted by atomic mass is 9.97. The molecule has 5 aromatic carbocycles. The molecule has 0 N–H and O–H groups in total. The van der Waals surface area contributed by atoms with E-state index in [0.717, 1.165) is 107 Å². The molecule has 0 unspecified atom stereocenters. The molecular formula is C94H88O30. The molecule has 20 rings (SSSR count). The summed E-state index contributed by atoms with van der Waals surface area (Å²) < 4.78 is 108. The molecule has 0 radical (unpaired) electrons. The molecule has 0 saturated carbocycles. The number of hydrogen-bond acceptors (Lipinski definition) is 30. The molecule has 30 heteroatoms. The van der Waals surface area contributed by atoms with Crippen molar-refractivity contribution in [2.75, 3.05) is 35.5 Å². The van der Waals surface area contributed by atoms with Crippen molar-refractivity contribution >= 4 is 59.7 Å². The molecule has 30 nitrogen and oxygen atoms in total. The second-order valence-electron chi connectivity index (χ2n) is 31.8. The van der Waals surface area contributed by atoms with Crippen LogP contribution in [0.3, 0.4) is 0 Å². The Kier molecular flexibility index (Phi) is 22.9. The fourth-order valence-corrected chi connectivity index (χ4v) is 18.1. The summed E-state index contributed by atoms with van der Waals surface area (Å²) in [5.74, 6) is -0.926. The molecule has 0 aromatic heterocycles. The van der Waals surface area contributed by atoms with Crippen molar-refractivity contribution < 1.29 is 143 Å². The standard InChI is InChI=1S/4C19H18O6.C18H16O6/c2*1-9-4-5-14(22-3)12-7-11-13(19(21)25-17(11)16(9)12)8-23-15-6-10(2)18(20)24-15;2*1-9-4-5-14(22-3)16-11(9)7-12-13(19(21)25-17(12)16)8-23-15-6-10(2)18(20)24-15;1-9-6-14(23-17(9)19)22-8-12-11-7-10-4-3-5-13(21-2)15(10)16(11)24-18(12)20/h2*4-6,8,11,15,17H,7H2,1-3H3;2*4-6,8,12,15,17H,7H2,1-3H3;3-6,8,11,14,16H,7H2,1-2H3/b4*13-8+;12-8+/t11-,15+,17+;11-,15-,17+;12-,15+,17+;12-,15-,17+;11-,14+,16+/m01010/s1. The largest absolute Gasteiger partial charge is 0.496 e. The van der Waals surface area contributed by atoms with Crippen LogP contribution in [0.25, 0.3) is 0 Å². The van der Waals surface area contributed by atoms with Crippen LogP contribution in [0.15, 0.2) is 184 Å². The predicted octanol–water partition coefficient (Wildman–Crippen LogP) is 12.2. The average Bonchev–Trinajstić information content (AvgIpc) is 1.61. The van der Waals surface area contributed by atoms with Crippen molar-refractivity contribution in [1.29, 1.82) is 0 Å². The summed E-state index contributed by atoms with van der Waals surface area (Å²) in [6.07, 6.45) is 12.3. The van der Waals surface area contributed by atoms with Crippen LogP contribution >= 0.6 is 0 Å². The van der Waals surface area contributed by atoms with E-state index in [2.05, 4.69) is 0 Å². The molecule has 5 fully saturated rings. The third-order valence-corrected chi connectivity index (χ3v) is 24.5. The zero-order valence-electron chi connectivity index (χ0n) is 70.1. The molecule has 15 atom stereocenters. The van der Waals surface area contributed by atoms with Crippen LogP contribution in [-0.2, 0) is 151 Å². The summed E-state index contributed by atoms with van der Waals surface area (Å²) in [7, 11) is 8.08. The lowest BCUT2D eigenvalue weighted by Gasteiger charge is -2.13. The van der Waals surface area contributed by atoms with Gasteiger partial charge < -0.3 is 94.7 Å². The van der Waals surface area contributed by atoms with Crippen LogP contribution in [0.1, 0.15) is 143 Å². The summed E-state index contributed by atoms with van der Waals surface area (Å²) >= 11 is 0. The number of fused-ring (bicyclic) bond motifs is 15. The molecule has 10 heterocycles. The first-order valence-corrected chi connectivity index (χ1v) is 40.2. The van der Waals surface area contributed by atoms with Crippen LogP contribution in [0, 0.1) is 57.3 Å². The zero-order valence-corrected chi connectivity index (χ0v) is 70.1. The van der Waals surface area contributed by atoms with Crippen molar-refractivity contribution in [3.05, 3.63) is 262 Å². The number of methoxy groups -OCH3 is 5. The number of hydrogen-bond donors (Lipinski definition) is 0. The van der Waals surface area contributed by atoms with Gasteiger partial charge in [-0.15, -0.1) is 0 Å². The van der Waals surface area contributed by atoms with Gasteiger partial charge in [0, 0.05) is 127 Å². The van der Waals surface area contributed by atoms with Gasteiger partial charge in [0.2, 0.25) is 0 Å². The normalized spacial score (nSPS) is 28.5. The topological polar surface area (TPSA) is 355 Å². The molecule has 0 bridgehead atoms. The van der Waals surface area contributed by atoms with Crippen molar-refractivity contribution in [2.45, 2.75) is 156 Å². The van der Waals surface area contributed by atoms with Crippen LogP contribution in [0.4, 0.5) is 0 Å². The summed E-state index contributed by atoms with van der Waals surface area (Å²) in [5, 5.41) is 0. The van der Waals surface area contributed by atoms with Crippen molar-refractivity contribution in [3.63, 3.8) is 0 Å². The minimum Gasteiger partial charge on any atom is -0.496 e. The van der Waals surface area contributed by atoms with Crippen molar-refractivity contribution in [1.82, 2.24) is 0 Å². The summed E-state index contributed by atoms with van der Waals surface area (Å²) in [5.41, 5.74) is 19.5. The number of ether oxygens (including phenoxy) is 20. The first kappa shape index (κ1) is 83.8. The number of benzene rings is 5. The number of carbonyl (C=O) groups excluding carboxylic acids is 10. The van der Waals surface area contributed by atoms with E-state index in [1.807, 2.05) is 94.4 Å². The first-order chi connectivity index (χ1) is 59.5. The van der Waals surface area contributed by atoms with E-state index in [1.54, 1.807) is 101 Å². The van der Waals surface area contributed by atoms with E-state index in [-0.39, 0.29) is 60.1 Å². The van der Waals surface area contributed by atoms with E-state index >= 15 is 0 Å². The van der Waals surface area contributed by atoms with E-state index in [1.165, 1.54) is 31.3 Å². The fourth-order valence-electron chi connectivity index (χ4n) is 18.1. The van der Waals surface area contributed by atoms with Gasteiger partial charge in [0.05, 0.1) is 94.7 Å². The fraction of sp³-hybridized carbons (Fsp3) is 0.362. The molecular weight excluding hydrogens is 1610 g/mol. The highest BCUT2D eigenvalue weighted by atomic mass is 16.7. The Balaban J connectivity index is 0.000000115. The Hall–Kier alpha value is -13.8. The molecule has 644 valence electrons. The Morgan fingerprint density at radius 3 is 0.766 bits per heavy atom. The van der Waals surface area contributed by atoms with E-state index in [0.29, 0.717) is 87.8 Å². The van der Waals surface area contributed by atoms with E-state index < -0.39 is 91.1 Å². The third-order valence-electron chi connectivity index (χ3n) is 24.5. The van der Waals surface area contributed by atoms with Gasteiger partial charge >= 0.3 is 59.7 Å². The predicted molar refractivity (Wildman–Crippen MR) is 428 cm³/mol. The number of carbonyl (C=O) groups is 10. The molecule has 5 aromatic rings. The van der Waals surface area contributed by atoms with Gasteiger partial charge in [0.25, 0.3) is 31.5 Å². The highest BCUT2D eigenvalue weighted by Crippen LogP contribution is 2.57. The van der Waals surface area contributed by atoms with E-state index in [4.69, 9.17) is 94.7 Å². The number of esters is 10. The zero-order chi connectivity index (χ0) is 87.7. The first-order valence-electron chi connectivity index (χ1n) is 40.2. The minimum absolute atomic E-state index is 0.119. The third kappa shape index (κ3) is 15.5. The van der Waals surface area contributed by atoms with Crippen LogP contribution in [-0.4, -0.2) is 127 Å². The van der Waals surface area contributed by atoms with Gasteiger partial charge in [0.15, 0.2) is 0 Å². The van der Waals surface area contributed by atoms with Crippen LogP contribution < -0.4 is 23.7 Å². The van der Waals surface area contributed by atoms with Gasteiger partial charge in [-0.2, -0.15) is 0 Å². The average molecular weight is 1700 g/mol. The summed E-state index contributed by atoms with van der Waals surface area (Å²) in [6, 6.07) is 21.4. The van der Waals surface area contributed by atoms with Gasteiger partial charge in [-0.25, -0.2) is 47.9 Å². The van der Waals surface area contributed by atoms with Crippen molar-refractivity contribution in [3.8, 4) is 28.7 Å². The van der Waals surface area contributed by atoms with Gasteiger partial charge in [-0.05, 0) is 164 Å². The lowest BCUT2D eigenvalue weighted by molar-refractivity contribution is -0.153. The SMILES string of the molecule is COc1ccc(C)c2c1C[C@@H]1/C(=C\O[C@H]3C=C(C)C(=O)O3)C(=O)O[C@H]21.COc1ccc(C)c2c1C[C@H]1/C(=C\O[C@H]3C=C(C)C(=O)O3)C(=O)O[C@@H]21.COc1ccc(C)c2c1[C@@H]1OC(=O)/C(=C/O[C@H]3C=C(C)C(=O)O3)[C@@H]1C2.COc1ccc(C)c2c1[C@H]1OC(=O)/C(=C/O[C@H]3C=C(C)C(=O)O3)[C@H]1C2.COc1cccc2c1[C@@H]1OC(=O)/C(=C/O[C@H]3C=C(C)C(=O)O3)[C@@H]1C2. The molecule has 0 amide bonds. The van der Waals surface area contributed by atoms with Crippen LogP contribution in [0.2, 0.25) is 0 Å². The highest BCUT2D eigenvalue weighted by molar-refractivity contribution is 5.97. The van der Waals surface area contributed by atoms with Gasteiger partial charge in [0.1, 0.15) is 59.3 Å². The Morgan fingerprint density at radius 1 is 0.250 bits per heavy atom. The molecule has 10 aliphatic heterocycles. The Morgan fingerprint density at radius 2 is 0.492 bits per heavy atom. The molecule has 0 spiro atoms. The Labute approximate surface area is 711 Å². The summed E-state index contributed by atoms with van der Waals surface area (Å²) in [4.78, 5) is 118. The maximum atomic E-state index is 12.3. The maximum Gasteiger partial charge on any atom is 0.338 e. The lowest BCUT2D eigenvalue weighted by Crippen LogP contribution is -2.12. The number of cyclic esters (lactones) is 5. The smallest absolute Gasteiger partial charge is 0.338 e. The van der Waals surface area contributed by atoms with Crippen LogP contribution in [0.5, 0.6) is 28.7 Å². The van der Waals surface area contributed by atoms with E-state index in [9.17, 15) is 47.9 Å². The molecule has 15 aliphatic rings. The second-order valence-corrected chi connectivity index (χ2v) is 31.8. The second kappa shape index (κ2) is 33.9. The molecule has 5 aliphatic carbocycles. The molecule has 124 heavy (non-hydrogen) atoms. The summed E-state index contributed by atoms with van der Waals surface area (Å²) in [6.45, 7) is 16.3. The highest BCUT2D eigenvalue weighted by Gasteiger charge is 2.54. The minimum atomic E-state index is -0.799. The number of aryl methyl sites for hydroxylation is 4. The quantitative estimate of drug-likeness (QED) is 0.0406. The maximum absolute atomic E-state index is 12.3. The molecule has 5 saturated heterocycles. The van der Waals surface area contributed by atoms with Gasteiger partial charge in [-0.1, -0.05) is 36.4 Å².